The lowest BCUT2D eigenvalue weighted by Crippen LogP contribution is -2.44. The van der Waals surface area contributed by atoms with Gasteiger partial charge < -0.3 is 15.0 Å². The van der Waals surface area contributed by atoms with E-state index in [1.807, 2.05) is 0 Å². The van der Waals surface area contributed by atoms with Crippen LogP contribution >= 0.6 is 23.8 Å². The van der Waals surface area contributed by atoms with Crippen molar-refractivity contribution in [2.45, 2.75) is 12.7 Å². The number of rotatable bonds is 6. The maximum Gasteiger partial charge on any atom is 0.418 e. The van der Waals surface area contributed by atoms with Crippen molar-refractivity contribution in [3.8, 4) is 0 Å². The van der Waals surface area contributed by atoms with Gasteiger partial charge in [0.1, 0.15) is 5.82 Å². The van der Waals surface area contributed by atoms with Crippen molar-refractivity contribution in [2.24, 2.45) is 0 Å². The van der Waals surface area contributed by atoms with E-state index >= 15 is 0 Å². The Hall–Kier alpha value is -1.94. The molecule has 31 heavy (non-hydrogen) atoms. The predicted molar refractivity (Wildman–Crippen MR) is 117 cm³/mol. The highest BCUT2D eigenvalue weighted by molar-refractivity contribution is 7.80. The van der Waals surface area contributed by atoms with Crippen LogP contribution in [0.15, 0.2) is 42.5 Å². The number of nitrogens with one attached hydrogen (secondary N) is 1. The van der Waals surface area contributed by atoms with E-state index in [-0.39, 0.29) is 22.4 Å². The highest BCUT2D eigenvalue weighted by Crippen LogP contribution is 2.36. The Kier molecular flexibility index (Phi) is 8.10. The Morgan fingerprint density at radius 1 is 1.16 bits per heavy atom. The molecule has 4 nitrogen and oxygen atoms in total. The molecule has 1 fully saturated rings. The van der Waals surface area contributed by atoms with Gasteiger partial charge in [-0.25, -0.2) is 4.39 Å². The molecule has 0 aliphatic carbocycles. The highest BCUT2D eigenvalue weighted by atomic mass is 35.5. The second-order valence-electron chi connectivity index (χ2n) is 7.08. The summed E-state index contributed by atoms with van der Waals surface area (Å²) in [5, 5.41) is 2.73. The predicted octanol–water partition coefficient (Wildman–Crippen LogP) is 5.03. The second-order valence-corrected chi connectivity index (χ2v) is 7.91. The van der Waals surface area contributed by atoms with E-state index in [0.29, 0.717) is 31.9 Å². The maximum absolute atomic E-state index is 14.2. The maximum atomic E-state index is 14.2. The molecule has 0 atom stereocenters. The summed E-state index contributed by atoms with van der Waals surface area (Å²) in [5.41, 5.74) is -0.714. The minimum absolute atomic E-state index is 0.0284. The van der Waals surface area contributed by atoms with Crippen molar-refractivity contribution in [3.63, 3.8) is 0 Å². The minimum Gasteiger partial charge on any atom is -0.379 e. The van der Waals surface area contributed by atoms with E-state index in [1.54, 1.807) is 23.1 Å². The van der Waals surface area contributed by atoms with Crippen molar-refractivity contribution in [1.29, 1.82) is 0 Å². The van der Waals surface area contributed by atoms with Crippen molar-refractivity contribution in [3.05, 3.63) is 64.4 Å². The van der Waals surface area contributed by atoms with Crippen LogP contribution in [0.1, 0.15) is 11.1 Å². The van der Waals surface area contributed by atoms with Crippen molar-refractivity contribution in [1.82, 2.24) is 9.80 Å². The molecule has 2 aromatic rings. The van der Waals surface area contributed by atoms with Crippen LogP contribution in [0.25, 0.3) is 0 Å². The summed E-state index contributed by atoms with van der Waals surface area (Å²) in [7, 11) is 0. The molecule has 0 bridgehead atoms. The number of ether oxygens (including phenoxy) is 1. The highest BCUT2D eigenvalue weighted by Gasteiger charge is 2.34. The number of hydrogen-bond donors (Lipinski definition) is 1. The zero-order valence-corrected chi connectivity index (χ0v) is 18.2. The molecule has 0 spiro atoms. The number of anilines is 1. The molecule has 0 radical (unpaired) electrons. The smallest absolute Gasteiger partial charge is 0.379 e. The van der Waals surface area contributed by atoms with Crippen LogP contribution in [0.2, 0.25) is 5.02 Å². The molecule has 0 amide bonds. The molecule has 1 heterocycles. The number of halogens is 5. The first kappa shape index (κ1) is 23.7. The minimum atomic E-state index is -4.60. The SMILES string of the molecule is Fc1ccccc1CN(CCN1CCOCC1)C(=S)Nc1ccc(Cl)cc1C(F)(F)F. The zero-order chi connectivity index (χ0) is 22.4. The Morgan fingerprint density at radius 3 is 2.55 bits per heavy atom. The van der Waals surface area contributed by atoms with Crippen molar-refractivity contribution < 1.29 is 22.3 Å². The number of thiocarbonyl (C=S) groups is 1. The third-order valence-electron chi connectivity index (χ3n) is 4.92. The van der Waals surface area contributed by atoms with Crippen LogP contribution in [0.3, 0.4) is 0 Å². The van der Waals surface area contributed by atoms with Gasteiger partial charge in [0.05, 0.1) is 24.5 Å². The van der Waals surface area contributed by atoms with Gasteiger partial charge in [-0.3, -0.25) is 4.90 Å². The molecule has 0 aromatic heterocycles. The van der Waals surface area contributed by atoms with Gasteiger partial charge in [-0.15, -0.1) is 0 Å². The van der Waals surface area contributed by atoms with Gasteiger partial charge in [0.15, 0.2) is 5.11 Å². The normalized spacial score (nSPS) is 15.0. The van der Waals surface area contributed by atoms with Crippen LogP contribution in [-0.2, 0) is 17.5 Å². The van der Waals surface area contributed by atoms with Crippen LogP contribution in [0.5, 0.6) is 0 Å². The summed E-state index contributed by atoms with van der Waals surface area (Å²) >= 11 is 11.2. The Bertz CT molecular complexity index is 906. The summed E-state index contributed by atoms with van der Waals surface area (Å²) in [5.74, 6) is -0.399. The van der Waals surface area contributed by atoms with Crippen LogP contribution in [-0.4, -0.2) is 54.3 Å². The first-order valence-corrected chi connectivity index (χ1v) is 10.5. The lowest BCUT2D eigenvalue weighted by atomic mass is 10.1. The summed E-state index contributed by atoms with van der Waals surface area (Å²) in [4.78, 5) is 3.84. The number of nitrogens with zero attached hydrogens (tertiary/aromatic N) is 2. The van der Waals surface area contributed by atoms with Gasteiger partial charge in [0.25, 0.3) is 0 Å². The number of morpholine rings is 1. The third-order valence-corrected chi connectivity index (χ3v) is 5.52. The topological polar surface area (TPSA) is 27.7 Å². The first-order chi connectivity index (χ1) is 14.7. The number of hydrogen-bond acceptors (Lipinski definition) is 3. The van der Waals surface area contributed by atoms with Crippen LogP contribution in [0.4, 0.5) is 23.2 Å². The van der Waals surface area contributed by atoms with E-state index in [4.69, 9.17) is 28.6 Å². The lowest BCUT2D eigenvalue weighted by Gasteiger charge is -2.32. The van der Waals surface area contributed by atoms with Gasteiger partial charge in [-0.2, -0.15) is 13.2 Å². The lowest BCUT2D eigenvalue weighted by molar-refractivity contribution is -0.136. The Labute approximate surface area is 188 Å². The molecule has 10 heteroatoms. The third kappa shape index (κ3) is 6.77. The van der Waals surface area contributed by atoms with E-state index in [9.17, 15) is 17.6 Å². The van der Waals surface area contributed by atoms with E-state index in [2.05, 4.69) is 10.2 Å². The molecule has 1 saturated heterocycles. The molecule has 0 saturated carbocycles. The van der Waals surface area contributed by atoms with Crippen molar-refractivity contribution >= 4 is 34.6 Å². The molecule has 0 unspecified atom stereocenters. The van der Waals surface area contributed by atoms with Gasteiger partial charge >= 0.3 is 6.18 Å². The van der Waals surface area contributed by atoms with E-state index in [1.165, 1.54) is 18.2 Å². The Balaban J connectivity index is 1.79. The monoisotopic (exact) mass is 475 g/mol. The van der Waals surface area contributed by atoms with Gasteiger partial charge in [-0.05, 0) is 36.5 Å². The first-order valence-electron chi connectivity index (χ1n) is 9.70. The molecular formula is C21H22ClF4N3OS. The summed E-state index contributed by atoms with van der Waals surface area (Å²) < 4.78 is 59.9. The fraction of sp³-hybridized carbons (Fsp3) is 0.381. The fourth-order valence-electron chi connectivity index (χ4n) is 3.23. The summed E-state index contributed by atoms with van der Waals surface area (Å²) in [6.07, 6.45) is -4.60. The van der Waals surface area contributed by atoms with Gasteiger partial charge in [0.2, 0.25) is 0 Å². The van der Waals surface area contributed by atoms with Gasteiger partial charge in [-0.1, -0.05) is 29.8 Å². The molecular weight excluding hydrogens is 454 g/mol. The van der Waals surface area contributed by atoms with Gasteiger partial charge in [0, 0.05) is 43.3 Å². The number of alkyl halides is 3. The molecule has 168 valence electrons. The van der Waals surface area contributed by atoms with E-state index in [0.717, 1.165) is 19.2 Å². The van der Waals surface area contributed by atoms with Crippen LogP contribution in [0, 0.1) is 5.82 Å². The average Bonchev–Trinajstić information content (AvgIpc) is 2.73. The zero-order valence-electron chi connectivity index (χ0n) is 16.6. The summed E-state index contributed by atoms with van der Waals surface area (Å²) in [6, 6.07) is 9.70. The number of benzene rings is 2. The summed E-state index contributed by atoms with van der Waals surface area (Å²) in [6.45, 7) is 3.90. The quantitative estimate of drug-likeness (QED) is 0.467. The molecule has 1 aliphatic rings. The molecule has 2 aromatic carbocycles. The van der Waals surface area contributed by atoms with Crippen molar-refractivity contribution in [2.75, 3.05) is 44.7 Å². The standard InChI is InChI=1S/C21H22ClF4N3OS/c22-16-5-6-19(17(13-16)21(24,25)26)27-20(31)29(8-7-28-9-11-30-12-10-28)14-15-3-1-2-4-18(15)23/h1-6,13H,7-12,14H2,(H,27,31). The largest absolute Gasteiger partial charge is 0.418 e. The fourth-order valence-corrected chi connectivity index (χ4v) is 3.66. The van der Waals surface area contributed by atoms with E-state index < -0.39 is 17.6 Å². The molecule has 3 rings (SSSR count). The van der Waals surface area contributed by atoms with Crippen LogP contribution < -0.4 is 5.32 Å². The second kappa shape index (κ2) is 10.6. The molecule has 1 N–H and O–H groups in total. The molecule has 1 aliphatic heterocycles. The Morgan fingerprint density at radius 2 is 1.87 bits per heavy atom. The average molecular weight is 476 g/mol.